The molecule has 1 aliphatic rings. The van der Waals surface area contributed by atoms with Crippen LogP contribution >= 0.6 is 11.3 Å². The molecule has 0 amide bonds. The normalized spacial score (nSPS) is 13.6. The van der Waals surface area contributed by atoms with Gasteiger partial charge in [-0.2, -0.15) is 0 Å². The monoisotopic (exact) mass is 657 g/mol. The first-order valence-electron chi connectivity index (χ1n) is 17.3. The highest BCUT2D eigenvalue weighted by atomic mass is 32.1. The number of thiophene rings is 1. The molecule has 0 bridgehead atoms. The molecule has 10 aromatic rings. The van der Waals surface area contributed by atoms with Crippen molar-refractivity contribution in [2.45, 2.75) is 19.3 Å². The van der Waals surface area contributed by atoms with Gasteiger partial charge in [0.15, 0.2) is 0 Å². The predicted octanol–water partition coefficient (Wildman–Crippen LogP) is 14.0. The van der Waals surface area contributed by atoms with Crippen molar-refractivity contribution in [2.75, 3.05) is 4.90 Å². The van der Waals surface area contributed by atoms with Gasteiger partial charge in [0.05, 0.1) is 0 Å². The zero-order valence-corrected chi connectivity index (χ0v) is 28.5. The zero-order valence-electron chi connectivity index (χ0n) is 27.7. The molecule has 0 radical (unpaired) electrons. The van der Waals surface area contributed by atoms with E-state index in [0.717, 1.165) is 39.0 Å². The van der Waals surface area contributed by atoms with Gasteiger partial charge in [0.1, 0.15) is 11.2 Å². The van der Waals surface area contributed by atoms with Gasteiger partial charge < -0.3 is 9.32 Å². The number of benzene rings is 8. The fourth-order valence-electron chi connectivity index (χ4n) is 8.59. The summed E-state index contributed by atoms with van der Waals surface area (Å²) in [7, 11) is 0. The summed E-state index contributed by atoms with van der Waals surface area (Å²) in [6.45, 7) is 4.68. The summed E-state index contributed by atoms with van der Waals surface area (Å²) in [4.78, 5) is 2.41. The number of hydrogen-bond donors (Lipinski definition) is 0. The lowest BCUT2D eigenvalue weighted by atomic mass is 9.82. The lowest BCUT2D eigenvalue weighted by Crippen LogP contribution is -2.15. The lowest BCUT2D eigenvalue weighted by Gasteiger charge is -2.27. The number of hydrogen-bond acceptors (Lipinski definition) is 3. The van der Waals surface area contributed by atoms with Crippen LogP contribution in [0.5, 0.6) is 0 Å². The molecule has 8 aromatic carbocycles. The molecule has 0 aliphatic heterocycles. The van der Waals surface area contributed by atoms with Crippen molar-refractivity contribution < 1.29 is 4.42 Å². The fraction of sp³-hybridized carbons (Fsp3) is 0.0638. The third-order valence-corrected chi connectivity index (χ3v) is 12.2. The van der Waals surface area contributed by atoms with Crippen molar-refractivity contribution in [2.24, 2.45) is 0 Å². The van der Waals surface area contributed by atoms with E-state index in [-0.39, 0.29) is 5.41 Å². The van der Waals surface area contributed by atoms with E-state index in [9.17, 15) is 0 Å². The quantitative estimate of drug-likeness (QED) is 0.176. The largest absolute Gasteiger partial charge is 0.456 e. The summed E-state index contributed by atoms with van der Waals surface area (Å²) in [6.07, 6.45) is 0. The summed E-state index contributed by atoms with van der Waals surface area (Å²) < 4.78 is 9.11. The van der Waals surface area contributed by atoms with Crippen molar-refractivity contribution >= 4 is 92.1 Å². The Kier molecular flexibility index (Phi) is 5.64. The smallest absolute Gasteiger partial charge is 0.137 e. The van der Waals surface area contributed by atoms with Gasteiger partial charge in [-0.25, -0.2) is 0 Å². The first-order chi connectivity index (χ1) is 24.5. The number of furan rings is 1. The van der Waals surface area contributed by atoms with Gasteiger partial charge >= 0.3 is 0 Å². The Bertz CT molecular complexity index is 3030. The maximum Gasteiger partial charge on any atom is 0.137 e. The molecule has 3 heteroatoms. The molecule has 0 fully saturated rings. The molecule has 11 rings (SSSR count). The minimum absolute atomic E-state index is 0.0556. The molecular weight excluding hydrogens is 627 g/mol. The van der Waals surface area contributed by atoms with Gasteiger partial charge in [-0.1, -0.05) is 111 Å². The highest BCUT2D eigenvalue weighted by molar-refractivity contribution is 7.26. The molecule has 2 aromatic heterocycles. The third kappa shape index (κ3) is 3.84. The molecule has 2 heterocycles. The van der Waals surface area contributed by atoms with E-state index in [1.165, 1.54) is 64.0 Å². The van der Waals surface area contributed by atoms with Crippen LogP contribution in [0.2, 0.25) is 0 Å². The summed E-state index contributed by atoms with van der Waals surface area (Å²) in [5.41, 5.74) is 10.4. The molecule has 2 nitrogen and oxygen atoms in total. The van der Waals surface area contributed by atoms with Crippen LogP contribution in [0.1, 0.15) is 25.0 Å². The predicted molar refractivity (Wildman–Crippen MR) is 214 cm³/mol. The molecule has 50 heavy (non-hydrogen) atoms. The molecule has 0 atom stereocenters. The second-order valence-corrected chi connectivity index (χ2v) is 15.2. The number of anilines is 3. The summed E-state index contributed by atoms with van der Waals surface area (Å²) in [6, 6.07) is 55.7. The Hall–Kier alpha value is -5.90. The number of nitrogens with zero attached hydrogens (tertiary/aromatic N) is 1. The van der Waals surface area contributed by atoms with Crippen molar-refractivity contribution in [3.63, 3.8) is 0 Å². The lowest BCUT2D eigenvalue weighted by molar-refractivity contribution is 0.660. The maximum absolute atomic E-state index is 6.44. The molecule has 0 unspecified atom stereocenters. The Morgan fingerprint density at radius 3 is 2.06 bits per heavy atom. The van der Waals surface area contributed by atoms with Crippen LogP contribution in [-0.4, -0.2) is 0 Å². The van der Waals surface area contributed by atoms with Crippen LogP contribution in [0.25, 0.3) is 74.8 Å². The van der Waals surface area contributed by atoms with E-state index in [1.54, 1.807) is 0 Å². The molecule has 0 spiro atoms. The van der Waals surface area contributed by atoms with Crippen molar-refractivity contribution in [1.82, 2.24) is 0 Å². The van der Waals surface area contributed by atoms with Crippen LogP contribution in [0.15, 0.2) is 156 Å². The van der Waals surface area contributed by atoms with E-state index in [1.807, 2.05) is 17.4 Å². The standard InChI is InChI=1S/C47H31NOS/c1-47(2)40-12-6-3-9-33(40)39-26-31(21-24-41(39)47)48(32-20-23-35-34-10-4-7-13-42(34)49-43(35)27-32)30-19-17-28-15-16-29-18-22-37-36-11-5-8-14-44(36)50-46(37)45(29)38(28)25-30/h3-27H,1-2H3. The van der Waals surface area contributed by atoms with E-state index < -0.39 is 0 Å². The van der Waals surface area contributed by atoms with Crippen LogP contribution in [0.4, 0.5) is 17.1 Å². The molecule has 0 saturated heterocycles. The van der Waals surface area contributed by atoms with Gasteiger partial charge in [0.2, 0.25) is 0 Å². The van der Waals surface area contributed by atoms with E-state index in [0.29, 0.717) is 0 Å². The van der Waals surface area contributed by atoms with E-state index >= 15 is 0 Å². The fourth-order valence-corrected chi connectivity index (χ4v) is 9.87. The molecule has 236 valence electrons. The van der Waals surface area contributed by atoms with Crippen LogP contribution in [0, 0.1) is 0 Å². The van der Waals surface area contributed by atoms with Crippen molar-refractivity contribution in [3.05, 3.63) is 163 Å². The topological polar surface area (TPSA) is 16.4 Å². The minimum Gasteiger partial charge on any atom is -0.456 e. The Morgan fingerprint density at radius 1 is 0.480 bits per heavy atom. The number of para-hydroxylation sites is 1. The Labute approximate surface area is 293 Å². The molecule has 0 N–H and O–H groups in total. The van der Waals surface area contributed by atoms with Gasteiger partial charge in [-0.3, -0.25) is 0 Å². The Balaban J connectivity index is 1.19. The molecular formula is C47H31NOS. The summed E-state index contributed by atoms with van der Waals surface area (Å²) in [5, 5.41) is 10.0. The maximum atomic E-state index is 6.44. The van der Waals surface area contributed by atoms with Gasteiger partial charge in [-0.15, -0.1) is 11.3 Å². The van der Waals surface area contributed by atoms with Crippen LogP contribution in [-0.2, 0) is 5.41 Å². The third-order valence-electron chi connectivity index (χ3n) is 11.0. The SMILES string of the molecule is CC1(C)c2ccccc2-c2cc(N(c3ccc4c(c3)oc3ccccc34)c3ccc4ccc5ccc6c7ccccc7sc6c5c4c3)ccc21. The molecule has 0 saturated carbocycles. The minimum atomic E-state index is -0.0556. The number of rotatable bonds is 3. The van der Waals surface area contributed by atoms with E-state index in [4.69, 9.17) is 4.42 Å². The van der Waals surface area contributed by atoms with E-state index in [2.05, 4.69) is 164 Å². The molecule has 1 aliphatic carbocycles. The second kappa shape index (κ2) is 10.1. The highest BCUT2D eigenvalue weighted by Gasteiger charge is 2.35. The zero-order chi connectivity index (χ0) is 33.1. The average Bonchev–Trinajstić information content (AvgIpc) is 3.79. The van der Waals surface area contributed by atoms with Crippen molar-refractivity contribution in [1.29, 1.82) is 0 Å². The summed E-state index contributed by atoms with van der Waals surface area (Å²) >= 11 is 1.90. The number of fused-ring (bicyclic) bond motifs is 13. The first-order valence-corrected chi connectivity index (χ1v) is 18.1. The Morgan fingerprint density at radius 2 is 1.12 bits per heavy atom. The van der Waals surface area contributed by atoms with Gasteiger partial charge in [0, 0.05) is 64.9 Å². The highest BCUT2D eigenvalue weighted by Crippen LogP contribution is 2.51. The summed E-state index contributed by atoms with van der Waals surface area (Å²) in [5.74, 6) is 0. The van der Waals surface area contributed by atoms with Gasteiger partial charge in [0.25, 0.3) is 0 Å². The second-order valence-electron chi connectivity index (χ2n) is 14.1. The van der Waals surface area contributed by atoms with Crippen LogP contribution in [0.3, 0.4) is 0 Å². The first kappa shape index (κ1) is 28.0. The van der Waals surface area contributed by atoms with Gasteiger partial charge in [-0.05, 0) is 86.9 Å². The van der Waals surface area contributed by atoms with Crippen molar-refractivity contribution in [3.8, 4) is 11.1 Å². The van der Waals surface area contributed by atoms with Crippen LogP contribution < -0.4 is 4.90 Å². The average molecular weight is 658 g/mol.